The van der Waals surface area contributed by atoms with Crippen LogP contribution in [0.1, 0.15) is 12.8 Å². The zero-order valence-corrected chi connectivity index (χ0v) is 16.6. The van der Waals surface area contributed by atoms with Crippen LogP contribution in [-0.2, 0) is 4.79 Å². The highest BCUT2D eigenvalue weighted by Gasteiger charge is 2.07. The first-order valence-electron chi connectivity index (χ1n) is 7.12. The maximum Gasteiger partial charge on any atom is 0.238 e. The lowest BCUT2D eigenvalue weighted by molar-refractivity contribution is -0.116. The molecule has 0 bridgehead atoms. The molecule has 0 aliphatic carbocycles. The average Bonchev–Trinajstić information content (AvgIpc) is 2.52. The summed E-state index contributed by atoms with van der Waals surface area (Å²) in [5, 5.41) is 6.61. The minimum atomic E-state index is -0.0173. The fourth-order valence-electron chi connectivity index (χ4n) is 1.84. The Balaban J connectivity index is 0.00000288. The predicted molar refractivity (Wildman–Crippen MR) is 107 cm³/mol. The summed E-state index contributed by atoms with van der Waals surface area (Å²) < 4.78 is 5.58. The van der Waals surface area contributed by atoms with Crippen LogP contribution in [0.2, 0.25) is 10.0 Å². The molecule has 0 atom stereocenters. The first kappa shape index (κ1) is 23.8. The van der Waals surface area contributed by atoms with E-state index >= 15 is 0 Å². The largest absolute Gasteiger partial charge is 0.438 e. The second kappa shape index (κ2) is 12.2. The van der Waals surface area contributed by atoms with Gasteiger partial charge in [0, 0.05) is 18.3 Å². The van der Waals surface area contributed by atoms with E-state index in [1.54, 1.807) is 30.3 Å². The van der Waals surface area contributed by atoms with Gasteiger partial charge < -0.3 is 15.4 Å². The van der Waals surface area contributed by atoms with Crippen LogP contribution in [0.4, 0.5) is 5.69 Å². The zero-order valence-electron chi connectivity index (χ0n) is 13.4. The van der Waals surface area contributed by atoms with E-state index in [-0.39, 0.29) is 36.6 Å². The number of hydrogen-bond donors (Lipinski definition) is 2. The highest BCUT2D eigenvalue weighted by atomic mass is 35.5. The Morgan fingerprint density at radius 3 is 2.48 bits per heavy atom. The van der Waals surface area contributed by atoms with Gasteiger partial charge in [-0.2, -0.15) is 0 Å². The molecule has 0 spiro atoms. The van der Waals surface area contributed by atoms with Gasteiger partial charge in [-0.3, -0.25) is 4.79 Å². The molecule has 2 aromatic rings. The van der Waals surface area contributed by atoms with Gasteiger partial charge in [-0.25, -0.2) is 4.98 Å². The summed E-state index contributed by atoms with van der Waals surface area (Å²) in [5.41, 5.74) is 0.710. The monoisotopic (exact) mass is 425 g/mol. The number of anilines is 1. The van der Waals surface area contributed by atoms with Crippen LogP contribution in [0, 0.1) is 0 Å². The third-order valence-corrected chi connectivity index (χ3v) is 3.43. The Bertz CT molecular complexity index is 669. The van der Waals surface area contributed by atoms with E-state index in [9.17, 15) is 4.79 Å². The Kier molecular flexibility index (Phi) is 11.6. The summed E-state index contributed by atoms with van der Waals surface area (Å²) in [6, 6.07) is 8.54. The molecule has 1 amide bonds. The molecule has 138 valence electrons. The van der Waals surface area contributed by atoms with Crippen molar-refractivity contribution in [3.63, 3.8) is 0 Å². The molecule has 25 heavy (non-hydrogen) atoms. The number of halogens is 4. The number of pyridine rings is 1. The molecule has 0 radical (unpaired) electrons. The van der Waals surface area contributed by atoms with Crippen LogP contribution >= 0.6 is 48.0 Å². The maximum absolute atomic E-state index is 11.7. The third-order valence-electron chi connectivity index (χ3n) is 2.96. The molecule has 9 heteroatoms. The predicted octanol–water partition coefficient (Wildman–Crippen LogP) is 4.96. The van der Waals surface area contributed by atoms with Crippen LogP contribution in [0.3, 0.4) is 0 Å². The number of rotatable bonds is 7. The van der Waals surface area contributed by atoms with Crippen molar-refractivity contribution in [1.29, 1.82) is 0 Å². The fourth-order valence-corrected chi connectivity index (χ4v) is 2.26. The molecule has 1 aromatic carbocycles. The highest BCUT2D eigenvalue weighted by molar-refractivity contribution is 6.35. The van der Waals surface area contributed by atoms with E-state index in [2.05, 4.69) is 15.6 Å². The lowest BCUT2D eigenvalue weighted by Crippen LogP contribution is -2.15. The Morgan fingerprint density at radius 2 is 1.88 bits per heavy atom. The van der Waals surface area contributed by atoms with Gasteiger partial charge in [-0.05, 0) is 50.3 Å². The van der Waals surface area contributed by atoms with Gasteiger partial charge >= 0.3 is 0 Å². The third kappa shape index (κ3) is 8.12. The normalized spacial score (nSPS) is 9.56. The van der Waals surface area contributed by atoms with Gasteiger partial charge in [0.15, 0.2) is 0 Å². The molecule has 0 aliphatic heterocycles. The van der Waals surface area contributed by atoms with Crippen LogP contribution in [0.15, 0.2) is 36.5 Å². The summed E-state index contributed by atoms with van der Waals surface area (Å²) in [4.78, 5) is 15.8. The van der Waals surface area contributed by atoms with Crippen LogP contribution in [0.5, 0.6) is 11.6 Å². The van der Waals surface area contributed by atoms with Gasteiger partial charge in [0.2, 0.25) is 11.8 Å². The second-order valence-electron chi connectivity index (χ2n) is 4.82. The molecular formula is C16H19Cl4N3O2. The van der Waals surface area contributed by atoms with Crippen LogP contribution in [0.25, 0.3) is 0 Å². The number of carbonyl (C=O) groups excluding carboxylic acids is 1. The molecule has 0 saturated heterocycles. The number of hydrogen-bond acceptors (Lipinski definition) is 4. The number of benzene rings is 1. The van der Waals surface area contributed by atoms with E-state index in [1.165, 1.54) is 6.20 Å². The number of amides is 1. The van der Waals surface area contributed by atoms with E-state index in [0.717, 1.165) is 13.0 Å². The van der Waals surface area contributed by atoms with E-state index in [0.29, 0.717) is 27.9 Å². The van der Waals surface area contributed by atoms with Gasteiger partial charge in [0.25, 0.3) is 0 Å². The number of aromatic nitrogens is 1. The minimum absolute atomic E-state index is 0. The molecule has 0 unspecified atom stereocenters. The van der Waals surface area contributed by atoms with Gasteiger partial charge in [-0.15, -0.1) is 24.8 Å². The SMILES string of the molecule is CNCCCC(=O)Nc1ccc(Oc2ncc(Cl)cc2Cl)cc1.Cl.Cl. The summed E-state index contributed by atoms with van der Waals surface area (Å²) in [5.74, 6) is 0.825. The van der Waals surface area contributed by atoms with Crippen LogP contribution in [-0.4, -0.2) is 24.5 Å². The minimum Gasteiger partial charge on any atom is -0.438 e. The van der Waals surface area contributed by atoms with E-state index < -0.39 is 0 Å². The Hall–Kier alpha value is -1.24. The standard InChI is InChI=1S/C16H17Cl2N3O2.2ClH/c1-19-8-2-3-15(22)21-12-4-6-13(7-5-12)23-16-14(18)9-11(17)10-20-16;;/h4-7,9-10,19H,2-3,8H2,1H3,(H,21,22);2*1H. The maximum atomic E-state index is 11.7. The number of nitrogens with one attached hydrogen (secondary N) is 2. The van der Waals surface area contributed by atoms with Crippen molar-refractivity contribution in [2.45, 2.75) is 12.8 Å². The van der Waals surface area contributed by atoms with E-state index in [4.69, 9.17) is 27.9 Å². The van der Waals surface area contributed by atoms with Crippen molar-refractivity contribution in [3.8, 4) is 11.6 Å². The number of nitrogens with zero attached hydrogens (tertiary/aromatic N) is 1. The Labute approximate surface area is 169 Å². The first-order valence-corrected chi connectivity index (χ1v) is 7.87. The van der Waals surface area contributed by atoms with Crippen molar-refractivity contribution < 1.29 is 9.53 Å². The number of ether oxygens (including phenoxy) is 1. The molecule has 2 rings (SSSR count). The average molecular weight is 427 g/mol. The van der Waals surface area contributed by atoms with Crippen molar-refractivity contribution in [1.82, 2.24) is 10.3 Å². The summed E-state index contributed by atoms with van der Waals surface area (Å²) >= 11 is 11.8. The van der Waals surface area contributed by atoms with Crippen LogP contribution < -0.4 is 15.4 Å². The van der Waals surface area contributed by atoms with Crippen molar-refractivity contribution >= 4 is 59.6 Å². The summed E-state index contributed by atoms with van der Waals surface area (Å²) in [6.45, 7) is 0.815. The molecule has 0 aliphatic rings. The lowest BCUT2D eigenvalue weighted by atomic mass is 10.2. The second-order valence-corrected chi connectivity index (χ2v) is 5.67. The molecule has 0 saturated carbocycles. The molecule has 0 fully saturated rings. The zero-order chi connectivity index (χ0) is 16.7. The quantitative estimate of drug-likeness (QED) is 0.614. The topological polar surface area (TPSA) is 63.2 Å². The number of carbonyl (C=O) groups is 1. The van der Waals surface area contributed by atoms with Gasteiger partial charge in [-0.1, -0.05) is 23.2 Å². The van der Waals surface area contributed by atoms with Gasteiger partial charge in [0.1, 0.15) is 10.8 Å². The van der Waals surface area contributed by atoms with Crippen molar-refractivity contribution in [2.24, 2.45) is 0 Å². The molecule has 5 nitrogen and oxygen atoms in total. The summed E-state index contributed by atoms with van der Waals surface area (Å²) in [6.07, 6.45) is 2.73. The Morgan fingerprint density at radius 1 is 1.20 bits per heavy atom. The fraction of sp³-hybridized carbons (Fsp3) is 0.250. The first-order chi connectivity index (χ1) is 11.1. The van der Waals surface area contributed by atoms with Crippen molar-refractivity contribution in [2.75, 3.05) is 18.9 Å². The molecule has 1 heterocycles. The van der Waals surface area contributed by atoms with E-state index in [1.807, 2.05) is 7.05 Å². The lowest BCUT2D eigenvalue weighted by Gasteiger charge is -2.08. The molecular weight excluding hydrogens is 408 g/mol. The molecule has 1 aromatic heterocycles. The highest BCUT2D eigenvalue weighted by Crippen LogP contribution is 2.29. The summed E-state index contributed by atoms with van der Waals surface area (Å²) in [7, 11) is 1.86. The van der Waals surface area contributed by atoms with Crippen molar-refractivity contribution in [3.05, 3.63) is 46.6 Å². The molecule has 2 N–H and O–H groups in total. The van der Waals surface area contributed by atoms with Gasteiger partial charge in [0.05, 0.1) is 5.02 Å². The smallest absolute Gasteiger partial charge is 0.238 e.